The maximum Gasteiger partial charge on any atom is 0.251 e. The minimum absolute atomic E-state index is 0.0191. The maximum atomic E-state index is 12.9. The molecule has 0 radical (unpaired) electrons. The number of nitrogens with zero attached hydrogens (tertiary/aromatic N) is 2. The van der Waals surface area contributed by atoms with Gasteiger partial charge in [0.2, 0.25) is 5.91 Å². The molecule has 5 N–H and O–H groups in total. The van der Waals surface area contributed by atoms with Gasteiger partial charge in [0.25, 0.3) is 5.91 Å². The second-order valence-corrected chi connectivity index (χ2v) is 8.06. The van der Waals surface area contributed by atoms with Crippen molar-refractivity contribution in [3.63, 3.8) is 0 Å². The van der Waals surface area contributed by atoms with Gasteiger partial charge in [-0.05, 0) is 42.8 Å². The fourth-order valence-electron chi connectivity index (χ4n) is 3.65. The number of pyridine rings is 1. The highest BCUT2D eigenvalue weighted by atomic mass is 16.5. The predicted molar refractivity (Wildman–Crippen MR) is 139 cm³/mol. The average Bonchev–Trinajstić information content (AvgIpc) is 2.87. The van der Waals surface area contributed by atoms with Gasteiger partial charge in [-0.1, -0.05) is 18.2 Å². The molecule has 0 bridgehead atoms. The Labute approximate surface area is 209 Å². The number of nitrogens with one attached hydrogen (secondary N) is 3. The third-order valence-electron chi connectivity index (χ3n) is 5.57. The number of amides is 2. The molecule has 10 nitrogen and oxygen atoms in total. The Hall–Kier alpha value is -4.60. The molecule has 2 amide bonds. The van der Waals surface area contributed by atoms with E-state index in [2.05, 4.69) is 15.6 Å². The molecule has 3 aromatic rings. The molecule has 3 rings (SSSR count). The molecule has 0 atom stereocenters. The number of carbonyl (C=O) groups is 2. The predicted octanol–water partition coefficient (Wildman–Crippen LogP) is 2.70. The number of amidine groups is 1. The molecule has 188 valence electrons. The van der Waals surface area contributed by atoms with Crippen LogP contribution in [-0.2, 0) is 11.3 Å². The zero-order valence-electron chi connectivity index (χ0n) is 20.7. The van der Waals surface area contributed by atoms with Crippen LogP contribution in [0.4, 0.5) is 11.5 Å². The molecule has 0 saturated carbocycles. The highest BCUT2D eigenvalue weighted by molar-refractivity contribution is 5.97. The molecule has 1 aromatic heterocycles. The zero-order chi connectivity index (χ0) is 26.2. The van der Waals surface area contributed by atoms with Crippen molar-refractivity contribution in [2.45, 2.75) is 13.5 Å². The summed E-state index contributed by atoms with van der Waals surface area (Å²) in [7, 11) is 4.82. The van der Waals surface area contributed by atoms with Gasteiger partial charge >= 0.3 is 0 Å². The van der Waals surface area contributed by atoms with Crippen LogP contribution in [0.5, 0.6) is 11.5 Å². The summed E-state index contributed by atoms with van der Waals surface area (Å²) < 4.78 is 10.7. The van der Waals surface area contributed by atoms with E-state index in [0.717, 1.165) is 11.1 Å². The van der Waals surface area contributed by atoms with Gasteiger partial charge in [0, 0.05) is 42.2 Å². The van der Waals surface area contributed by atoms with E-state index in [1.807, 2.05) is 6.92 Å². The van der Waals surface area contributed by atoms with E-state index in [-0.39, 0.29) is 30.7 Å². The Morgan fingerprint density at radius 3 is 2.33 bits per heavy atom. The van der Waals surface area contributed by atoms with Crippen LogP contribution in [0.2, 0.25) is 0 Å². The fraction of sp³-hybridized carbons (Fsp3) is 0.231. The van der Waals surface area contributed by atoms with E-state index in [1.165, 1.54) is 14.2 Å². The van der Waals surface area contributed by atoms with Gasteiger partial charge in [-0.2, -0.15) is 0 Å². The number of carbonyl (C=O) groups excluding carboxylic acids is 2. The Morgan fingerprint density at radius 2 is 1.75 bits per heavy atom. The fourth-order valence-corrected chi connectivity index (χ4v) is 3.65. The number of hydrogen-bond acceptors (Lipinski definition) is 7. The van der Waals surface area contributed by atoms with Crippen molar-refractivity contribution in [1.29, 1.82) is 5.41 Å². The lowest BCUT2D eigenvalue weighted by Crippen LogP contribution is -2.32. The van der Waals surface area contributed by atoms with Crippen LogP contribution in [-0.4, -0.2) is 50.4 Å². The molecule has 0 saturated heterocycles. The molecular formula is C26H30N6O4. The molecule has 10 heteroatoms. The number of hydrogen-bond donors (Lipinski definition) is 4. The normalized spacial score (nSPS) is 10.3. The van der Waals surface area contributed by atoms with Crippen LogP contribution >= 0.6 is 0 Å². The van der Waals surface area contributed by atoms with E-state index < -0.39 is 0 Å². The first-order valence-corrected chi connectivity index (χ1v) is 11.1. The van der Waals surface area contributed by atoms with Crippen molar-refractivity contribution in [1.82, 2.24) is 10.3 Å². The van der Waals surface area contributed by atoms with Crippen molar-refractivity contribution in [2.75, 3.05) is 38.0 Å². The number of nitrogens with two attached hydrogens (primary N) is 1. The van der Waals surface area contributed by atoms with Crippen molar-refractivity contribution in [3.8, 4) is 11.5 Å². The van der Waals surface area contributed by atoms with Crippen LogP contribution in [0.25, 0.3) is 0 Å². The number of aromatic nitrogens is 1. The van der Waals surface area contributed by atoms with Crippen LogP contribution in [0.15, 0.2) is 54.7 Å². The van der Waals surface area contributed by atoms with Gasteiger partial charge in [-0.15, -0.1) is 0 Å². The summed E-state index contributed by atoms with van der Waals surface area (Å²) in [6.45, 7) is 2.05. The number of methoxy groups -OCH3 is 2. The molecule has 2 aromatic carbocycles. The standard InChI is InChI=1S/C26H30N6O4/c1-16-21(35-3)12-19(13-22(16)36-4)26(34)30-14-18-9-8-17(25(27)28)11-20(18)32(2)15-24(33)31-23-7-5-6-10-29-23/h5-13H,14-15H2,1-4H3,(H3,27,28)(H,30,34)(H,29,31,33). The van der Waals surface area contributed by atoms with Crippen molar-refractivity contribution >= 4 is 29.2 Å². The minimum Gasteiger partial charge on any atom is -0.496 e. The molecule has 0 aliphatic rings. The van der Waals surface area contributed by atoms with Crippen LogP contribution in [0.3, 0.4) is 0 Å². The summed E-state index contributed by atoms with van der Waals surface area (Å²) in [6, 6.07) is 13.7. The number of ether oxygens (including phenoxy) is 2. The van der Waals surface area contributed by atoms with E-state index >= 15 is 0 Å². The third kappa shape index (κ3) is 6.29. The van der Waals surface area contributed by atoms with Crippen LogP contribution in [0, 0.1) is 12.3 Å². The largest absolute Gasteiger partial charge is 0.496 e. The minimum atomic E-state index is -0.316. The van der Waals surface area contributed by atoms with Gasteiger partial charge < -0.3 is 30.7 Å². The SMILES string of the molecule is COc1cc(C(=O)NCc2ccc(C(=N)N)cc2N(C)CC(=O)Nc2ccccn2)cc(OC)c1C. The van der Waals surface area contributed by atoms with Crippen molar-refractivity contribution in [3.05, 3.63) is 77.0 Å². The van der Waals surface area contributed by atoms with Gasteiger partial charge in [0.1, 0.15) is 23.2 Å². The van der Waals surface area contributed by atoms with E-state index in [9.17, 15) is 9.59 Å². The molecular weight excluding hydrogens is 460 g/mol. The number of likely N-dealkylation sites (N-methyl/N-ethyl adjacent to an activating group) is 1. The summed E-state index contributed by atoms with van der Waals surface area (Å²) in [5, 5.41) is 13.4. The Kier molecular flexibility index (Phi) is 8.45. The molecule has 1 heterocycles. The lowest BCUT2D eigenvalue weighted by Gasteiger charge is -2.23. The molecule has 0 fully saturated rings. The Morgan fingerprint density at radius 1 is 1.06 bits per heavy atom. The molecule has 0 spiro atoms. The number of rotatable bonds is 10. The van der Waals surface area contributed by atoms with E-state index in [0.29, 0.717) is 34.1 Å². The van der Waals surface area contributed by atoms with Crippen molar-refractivity contribution in [2.24, 2.45) is 5.73 Å². The Bertz CT molecular complexity index is 1240. The first-order chi connectivity index (χ1) is 17.2. The summed E-state index contributed by atoms with van der Waals surface area (Å²) in [5.74, 6) is 0.859. The summed E-state index contributed by atoms with van der Waals surface area (Å²) >= 11 is 0. The van der Waals surface area contributed by atoms with E-state index in [1.54, 1.807) is 66.7 Å². The highest BCUT2D eigenvalue weighted by Gasteiger charge is 2.17. The molecule has 0 aliphatic carbocycles. The first kappa shape index (κ1) is 26.0. The monoisotopic (exact) mass is 490 g/mol. The van der Waals surface area contributed by atoms with Gasteiger partial charge in [-0.3, -0.25) is 15.0 Å². The van der Waals surface area contributed by atoms with Crippen molar-refractivity contribution < 1.29 is 19.1 Å². The van der Waals surface area contributed by atoms with Crippen LogP contribution in [0.1, 0.15) is 27.0 Å². The van der Waals surface area contributed by atoms with Gasteiger partial charge in [0.15, 0.2) is 0 Å². The second-order valence-electron chi connectivity index (χ2n) is 8.06. The highest BCUT2D eigenvalue weighted by Crippen LogP contribution is 2.29. The van der Waals surface area contributed by atoms with Crippen LogP contribution < -0.4 is 30.7 Å². The first-order valence-electron chi connectivity index (χ1n) is 11.1. The molecule has 36 heavy (non-hydrogen) atoms. The summed E-state index contributed by atoms with van der Waals surface area (Å²) in [4.78, 5) is 31.3. The lowest BCUT2D eigenvalue weighted by molar-refractivity contribution is -0.114. The van der Waals surface area contributed by atoms with E-state index in [4.69, 9.17) is 20.6 Å². The third-order valence-corrected chi connectivity index (χ3v) is 5.57. The van der Waals surface area contributed by atoms with Gasteiger partial charge in [-0.25, -0.2) is 4.98 Å². The number of nitrogen functional groups attached to an aromatic ring is 1. The van der Waals surface area contributed by atoms with Gasteiger partial charge in [0.05, 0.1) is 20.8 Å². The summed E-state index contributed by atoms with van der Waals surface area (Å²) in [5.41, 5.74) is 8.77. The second kappa shape index (κ2) is 11.7. The molecule has 0 unspecified atom stereocenters. The quantitative estimate of drug-likeness (QED) is 0.253. The average molecular weight is 491 g/mol. The molecule has 0 aliphatic heterocycles. The topological polar surface area (TPSA) is 143 Å². The zero-order valence-corrected chi connectivity index (χ0v) is 20.7. The summed E-state index contributed by atoms with van der Waals surface area (Å²) in [6.07, 6.45) is 1.59. The smallest absolute Gasteiger partial charge is 0.251 e. The Balaban J connectivity index is 1.79. The number of anilines is 2. The lowest BCUT2D eigenvalue weighted by atomic mass is 10.1. The number of benzene rings is 2. The maximum absolute atomic E-state index is 12.9.